The van der Waals surface area contributed by atoms with Crippen LogP contribution < -0.4 is 4.90 Å². The molecule has 3 nitrogen and oxygen atoms in total. The van der Waals surface area contributed by atoms with Crippen LogP contribution in [0.3, 0.4) is 0 Å². The Labute approximate surface area is 105 Å². The third-order valence-corrected chi connectivity index (χ3v) is 3.30. The smallest absolute Gasteiger partial charge is 0.130 e. The Balaban J connectivity index is 2.05. The van der Waals surface area contributed by atoms with Gasteiger partial charge in [0.05, 0.1) is 23.8 Å². The number of ether oxygens (including phenoxy) is 1. The van der Waals surface area contributed by atoms with E-state index in [0.29, 0.717) is 0 Å². The van der Waals surface area contributed by atoms with Gasteiger partial charge in [-0.3, -0.25) is 0 Å². The molecule has 0 spiro atoms. The third-order valence-electron chi connectivity index (χ3n) is 2.99. The van der Waals surface area contributed by atoms with Gasteiger partial charge >= 0.3 is 0 Å². The predicted molar refractivity (Wildman–Crippen MR) is 69.8 cm³/mol. The monoisotopic (exact) mass is 248 g/mol. The fraction of sp³-hybridized carbons (Fsp3) is 0.308. The number of hydrogen-bond donors (Lipinski definition) is 0. The largest absolute Gasteiger partial charge is 0.378 e. The van der Waals surface area contributed by atoms with E-state index in [1.54, 1.807) is 0 Å². The SMILES string of the molecule is Clc1cc(N2CCOCC2)nc2ccccc12. The normalized spacial score (nSPS) is 16.4. The average molecular weight is 249 g/mol. The van der Waals surface area contributed by atoms with E-state index in [9.17, 15) is 0 Å². The number of morpholine rings is 1. The molecule has 1 fully saturated rings. The fourth-order valence-corrected chi connectivity index (χ4v) is 2.33. The molecule has 1 aromatic heterocycles. The minimum atomic E-state index is 0.756. The highest BCUT2D eigenvalue weighted by Gasteiger charge is 2.14. The van der Waals surface area contributed by atoms with Gasteiger partial charge in [-0.15, -0.1) is 0 Å². The molecule has 1 aliphatic rings. The molecule has 0 saturated carbocycles. The summed E-state index contributed by atoms with van der Waals surface area (Å²) in [5, 5.41) is 1.77. The first-order valence-electron chi connectivity index (χ1n) is 5.72. The highest BCUT2D eigenvalue weighted by molar-refractivity contribution is 6.35. The number of para-hydroxylation sites is 1. The molecule has 0 radical (unpaired) electrons. The number of halogens is 1. The molecule has 2 heterocycles. The summed E-state index contributed by atoms with van der Waals surface area (Å²) in [5.74, 6) is 0.942. The average Bonchev–Trinajstić information content (AvgIpc) is 2.40. The van der Waals surface area contributed by atoms with Gasteiger partial charge in [-0.1, -0.05) is 29.8 Å². The number of anilines is 1. The quantitative estimate of drug-likeness (QED) is 0.776. The van der Waals surface area contributed by atoms with E-state index in [1.165, 1.54) is 0 Å². The first-order chi connectivity index (χ1) is 8.34. The number of fused-ring (bicyclic) bond motifs is 1. The van der Waals surface area contributed by atoms with Crippen molar-refractivity contribution in [1.82, 2.24) is 4.98 Å². The maximum absolute atomic E-state index is 6.28. The van der Waals surface area contributed by atoms with Crippen LogP contribution >= 0.6 is 11.6 Å². The van der Waals surface area contributed by atoms with Gasteiger partial charge in [0.25, 0.3) is 0 Å². The van der Waals surface area contributed by atoms with E-state index in [-0.39, 0.29) is 0 Å². The summed E-state index contributed by atoms with van der Waals surface area (Å²) in [7, 11) is 0. The standard InChI is InChI=1S/C13H13ClN2O/c14-11-9-13(16-5-7-17-8-6-16)15-12-4-2-1-3-10(11)12/h1-4,9H,5-8H2. The van der Waals surface area contributed by atoms with Crippen molar-refractivity contribution < 1.29 is 4.74 Å². The van der Waals surface area contributed by atoms with Crippen molar-refractivity contribution in [3.8, 4) is 0 Å². The topological polar surface area (TPSA) is 25.4 Å². The van der Waals surface area contributed by atoms with Crippen molar-refractivity contribution in [1.29, 1.82) is 0 Å². The number of aromatic nitrogens is 1. The van der Waals surface area contributed by atoms with E-state index < -0.39 is 0 Å². The van der Waals surface area contributed by atoms with Gasteiger partial charge in [0, 0.05) is 18.5 Å². The first kappa shape index (κ1) is 10.8. The molecule has 3 rings (SSSR count). The Morgan fingerprint density at radius 3 is 2.76 bits per heavy atom. The van der Waals surface area contributed by atoms with Crippen LogP contribution in [0.5, 0.6) is 0 Å². The molecular weight excluding hydrogens is 236 g/mol. The minimum Gasteiger partial charge on any atom is -0.378 e. The van der Waals surface area contributed by atoms with Crippen molar-refractivity contribution >= 4 is 28.3 Å². The van der Waals surface area contributed by atoms with Gasteiger partial charge in [-0.25, -0.2) is 4.98 Å². The molecule has 1 saturated heterocycles. The molecule has 17 heavy (non-hydrogen) atoms. The molecule has 1 aromatic carbocycles. The van der Waals surface area contributed by atoms with Gasteiger partial charge in [0.2, 0.25) is 0 Å². The predicted octanol–water partition coefficient (Wildman–Crippen LogP) is 2.72. The Bertz CT molecular complexity index is 538. The molecule has 4 heteroatoms. The van der Waals surface area contributed by atoms with Crippen molar-refractivity contribution in [3.05, 3.63) is 35.4 Å². The Hall–Kier alpha value is -1.32. The number of pyridine rings is 1. The third kappa shape index (κ3) is 2.08. The zero-order chi connectivity index (χ0) is 11.7. The van der Waals surface area contributed by atoms with Crippen LogP contribution in [0.15, 0.2) is 30.3 Å². The molecule has 0 unspecified atom stereocenters. The number of benzene rings is 1. The van der Waals surface area contributed by atoms with Crippen LogP contribution in [0.1, 0.15) is 0 Å². The molecule has 2 aromatic rings. The van der Waals surface area contributed by atoms with Crippen LogP contribution in [0.25, 0.3) is 10.9 Å². The van der Waals surface area contributed by atoms with E-state index in [1.807, 2.05) is 30.3 Å². The molecule has 0 bridgehead atoms. The molecule has 0 atom stereocenters. The maximum Gasteiger partial charge on any atom is 0.130 e. The molecule has 0 amide bonds. The summed E-state index contributed by atoms with van der Waals surface area (Å²) in [6.07, 6.45) is 0. The van der Waals surface area contributed by atoms with Crippen molar-refractivity contribution in [2.75, 3.05) is 31.2 Å². The van der Waals surface area contributed by atoms with Gasteiger partial charge in [0.15, 0.2) is 0 Å². The van der Waals surface area contributed by atoms with E-state index >= 15 is 0 Å². The zero-order valence-electron chi connectivity index (χ0n) is 9.40. The van der Waals surface area contributed by atoms with Gasteiger partial charge in [0.1, 0.15) is 5.82 Å². The van der Waals surface area contributed by atoms with Crippen molar-refractivity contribution in [2.45, 2.75) is 0 Å². The summed E-state index contributed by atoms with van der Waals surface area (Å²) < 4.78 is 5.34. The zero-order valence-corrected chi connectivity index (χ0v) is 10.2. The second kappa shape index (κ2) is 4.51. The first-order valence-corrected chi connectivity index (χ1v) is 6.10. The van der Waals surface area contributed by atoms with Gasteiger partial charge in [-0.2, -0.15) is 0 Å². The highest BCUT2D eigenvalue weighted by atomic mass is 35.5. The van der Waals surface area contributed by atoms with Crippen LogP contribution in [0, 0.1) is 0 Å². The van der Waals surface area contributed by atoms with E-state index in [0.717, 1.165) is 48.0 Å². The fourth-order valence-electron chi connectivity index (χ4n) is 2.07. The van der Waals surface area contributed by atoms with E-state index in [4.69, 9.17) is 16.3 Å². The lowest BCUT2D eigenvalue weighted by Gasteiger charge is -2.28. The summed E-state index contributed by atoms with van der Waals surface area (Å²) in [5.41, 5.74) is 0.946. The summed E-state index contributed by atoms with van der Waals surface area (Å²) >= 11 is 6.28. The summed E-state index contributed by atoms with van der Waals surface area (Å²) in [4.78, 5) is 6.86. The lowest BCUT2D eigenvalue weighted by atomic mass is 10.2. The van der Waals surface area contributed by atoms with Crippen LogP contribution in [0.2, 0.25) is 5.02 Å². The molecule has 1 aliphatic heterocycles. The molecule has 0 N–H and O–H groups in total. The van der Waals surface area contributed by atoms with Crippen molar-refractivity contribution in [3.63, 3.8) is 0 Å². The van der Waals surface area contributed by atoms with Crippen molar-refractivity contribution in [2.24, 2.45) is 0 Å². The van der Waals surface area contributed by atoms with Gasteiger partial charge in [-0.05, 0) is 12.1 Å². The maximum atomic E-state index is 6.28. The molecular formula is C13H13ClN2O. The number of nitrogens with zero attached hydrogens (tertiary/aromatic N) is 2. The van der Waals surface area contributed by atoms with Gasteiger partial charge < -0.3 is 9.64 Å². The van der Waals surface area contributed by atoms with Crippen LogP contribution in [-0.2, 0) is 4.74 Å². The summed E-state index contributed by atoms with van der Waals surface area (Å²) in [6.45, 7) is 3.27. The lowest BCUT2D eigenvalue weighted by molar-refractivity contribution is 0.122. The minimum absolute atomic E-state index is 0.756. The molecule has 88 valence electrons. The number of rotatable bonds is 1. The Kier molecular flexibility index (Phi) is 2.87. The second-order valence-corrected chi connectivity index (χ2v) is 4.49. The van der Waals surface area contributed by atoms with Crippen LogP contribution in [0.4, 0.5) is 5.82 Å². The summed E-state index contributed by atoms with van der Waals surface area (Å²) in [6, 6.07) is 9.88. The highest BCUT2D eigenvalue weighted by Crippen LogP contribution is 2.26. The lowest BCUT2D eigenvalue weighted by Crippen LogP contribution is -2.36. The van der Waals surface area contributed by atoms with E-state index in [2.05, 4.69) is 9.88 Å². The Morgan fingerprint density at radius 1 is 1.18 bits per heavy atom. The Morgan fingerprint density at radius 2 is 1.94 bits per heavy atom. The molecule has 0 aliphatic carbocycles. The number of hydrogen-bond acceptors (Lipinski definition) is 3. The second-order valence-electron chi connectivity index (χ2n) is 4.08. The van der Waals surface area contributed by atoms with Crippen LogP contribution in [-0.4, -0.2) is 31.3 Å².